The number of anilines is 1. The average molecular weight is 291 g/mol. The SMILES string of the molecule is C=Cc1c(C)nc2c(NCc3c(C)cccc3C)cccn12. The molecule has 3 rings (SSSR count). The fourth-order valence-corrected chi connectivity index (χ4v) is 2.89. The van der Waals surface area contributed by atoms with E-state index in [-0.39, 0.29) is 0 Å². The fraction of sp³-hybridized carbons (Fsp3) is 0.211. The van der Waals surface area contributed by atoms with E-state index in [0.29, 0.717) is 0 Å². The molecule has 0 aliphatic heterocycles. The zero-order chi connectivity index (χ0) is 15.7. The molecule has 0 aliphatic carbocycles. The van der Waals surface area contributed by atoms with Gasteiger partial charge in [-0.2, -0.15) is 0 Å². The van der Waals surface area contributed by atoms with Gasteiger partial charge in [0, 0.05) is 12.7 Å². The normalized spacial score (nSPS) is 10.9. The molecule has 2 heterocycles. The molecular weight excluding hydrogens is 270 g/mol. The van der Waals surface area contributed by atoms with Gasteiger partial charge in [0.05, 0.1) is 17.1 Å². The Kier molecular flexibility index (Phi) is 3.72. The molecule has 0 unspecified atom stereocenters. The summed E-state index contributed by atoms with van der Waals surface area (Å²) in [6, 6.07) is 10.5. The second-order valence-electron chi connectivity index (χ2n) is 5.63. The van der Waals surface area contributed by atoms with Crippen molar-refractivity contribution in [2.75, 3.05) is 5.32 Å². The number of fused-ring (bicyclic) bond motifs is 1. The van der Waals surface area contributed by atoms with Crippen LogP contribution in [0.1, 0.15) is 28.1 Å². The van der Waals surface area contributed by atoms with Gasteiger partial charge in [0.1, 0.15) is 0 Å². The number of rotatable bonds is 4. The van der Waals surface area contributed by atoms with E-state index in [4.69, 9.17) is 0 Å². The lowest BCUT2D eigenvalue weighted by atomic mass is 10.0. The molecule has 3 heteroatoms. The number of pyridine rings is 1. The molecule has 0 bridgehead atoms. The standard InChI is InChI=1S/C19H21N3/c1-5-18-15(4)21-19-17(10-7-11-22(18)19)20-12-16-13(2)8-6-9-14(16)3/h5-11,20H,1,12H2,2-4H3. The fourth-order valence-electron chi connectivity index (χ4n) is 2.89. The Morgan fingerprint density at radius 2 is 1.86 bits per heavy atom. The van der Waals surface area contributed by atoms with Crippen LogP contribution in [0.15, 0.2) is 43.1 Å². The van der Waals surface area contributed by atoms with Gasteiger partial charge < -0.3 is 5.32 Å². The Hall–Kier alpha value is -2.55. The number of aryl methyl sites for hydroxylation is 3. The predicted octanol–water partition coefficient (Wildman–Crippen LogP) is 4.51. The molecule has 1 aromatic carbocycles. The third-order valence-electron chi connectivity index (χ3n) is 4.16. The minimum absolute atomic E-state index is 0.799. The van der Waals surface area contributed by atoms with Crippen LogP contribution in [0.3, 0.4) is 0 Å². The van der Waals surface area contributed by atoms with E-state index >= 15 is 0 Å². The lowest BCUT2D eigenvalue weighted by Crippen LogP contribution is -2.05. The molecule has 0 radical (unpaired) electrons. The van der Waals surface area contributed by atoms with Gasteiger partial charge in [-0.25, -0.2) is 4.98 Å². The lowest BCUT2D eigenvalue weighted by molar-refractivity contribution is 1.08. The molecule has 22 heavy (non-hydrogen) atoms. The van der Waals surface area contributed by atoms with E-state index in [1.165, 1.54) is 16.7 Å². The Balaban J connectivity index is 1.96. The number of nitrogens with zero attached hydrogens (tertiary/aromatic N) is 2. The first kappa shape index (κ1) is 14.4. The average Bonchev–Trinajstić information content (AvgIpc) is 2.82. The quantitative estimate of drug-likeness (QED) is 0.766. The first-order chi connectivity index (χ1) is 10.6. The number of nitrogens with one attached hydrogen (secondary N) is 1. The molecule has 0 saturated heterocycles. The third kappa shape index (κ3) is 2.39. The number of benzene rings is 1. The second kappa shape index (κ2) is 5.68. The van der Waals surface area contributed by atoms with Crippen LogP contribution in [0.2, 0.25) is 0 Å². The van der Waals surface area contributed by atoms with Gasteiger partial charge in [0.25, 0.3) is 0 Å². The summed E-state index contributed by atoms with van der Waals surface area (Å²) in [5.74, 6) is 0. The summed E-state index contributed by atoms with van der Waals surface area (Å²) >= 11 is 0. The molecular formula is C19H21N3. The number of hydrogen-bond donors (Lipinski definition) is 1. The van der Waals surface area contributed by atoms with E-state index in [1.807, 2.05) is 25.3 Å². The summed E-state index contributed by atoms with van der Waals surface area (Å²) in [7, 11) is 0. The van der Waals surface area contributed by atoms with Crippen LogP contribution in [-0.2, 0) is 6.54 Å². The Morgan fingerprint density at radius 3 is 2.55 bits per heavy atom. The molecule has 0 spiro atoms. The number of imidazole rings is 1. The summed E-state index contributed by atoms with van der Waals surface area (Å²) in [5.41, 5.74) is 8.00. The molecule has 0 fully saturated rings. The molecule has 1 N–H and O–H groups in total. The molecule has 0 amide bonds. The molecule has 0 atom stereocenters. The van der Waals surface area contributed by atoms with E-state index < -0.39 is 0 Å². The zero-order valence-electron chi connectivity index (χ0n) is 13.4. The van der Waals surface area contributed by atoms with Crippen molar-refractivity contribution in [2.45, 2.75) is 27.3 Å². The number of aromatic nitrogens is 2. The predicted molar refractivity (Wildman–Crippen MR) is 93.3 cm³/mol. The first-order valence-electron chi connectivity index (χ1n) is 7.51. The van der Waals surface area contributed by atoms with Gasteiger partial charge in [-0.3, -0.25) is 4.40 Å². The minimum atomic E-state index is 0.799. The Labute approximate surface area is 131 Å². The smallest absolute Gasteiger partial charge is 0.161 e. The summed E-state index contributed by atoms with van der Waals surface area (Å²) < 4.78 is 2.08. The number of hydrogen-bond acceptors (Lipinski definition) is 2. The van der Waals surface area contributed by atoms with E-state index in [1.54, 1.807) is 0 Å². The monoisotopic (exact) mass is 291 g/mol. The molecule has 0 aliphatic rings. The first-order valence-corrected chi connectivity index (χ1v) is 7.51. The Morgan fingerprint density at radius 1 is 1.14 bits per heavy atom. The molecule has 3 nitrogen and oxygen atoms in total. The topological polar surface area (TPSA) is 29.3 Å². The largest absolute Gasteiger partial charge is 0.378 e. The maximum absolute atomic E-state index is 4.67. The van der Waals surface area contributed by atoms with Crippen molar-refractivity contribution in [1.82, 2.24) is 9.38 Å². The minimum Gasteiger partial charge on any atom is -0.378 e. The summed E-state index contributed by atoms with van der Waals surface area (Å²) in [5, 5.41) is 3.53. The van der Waals surface area contributed by atoms with Crippen molar-refractivity contribution in [3.05, 3.63) is 71.2 Å². The van der Waals surface area contributed by atoms with Gasteiger partial charge in [-0.15, -0.1) is 0 Å². The highest BCUT2D eigenvalue weighted by molar-refractivity contribution is 5.71. The van der Waals surface area contributed by atoms with Crippen molar-refractivity contribution in [3.8, 4) is 0 Å². The van der Waals surface area contributed by atoms with Crippen molar-refractivity contribution in [3.63, 3.8) is 0 Å². The highest BCUT2D eigenvalue weighted by atomic mass is 15.0. The van der Waals surface area contributed by atoms with Gasteiger partial charge in [0.15, 0.2) is 5.65 Å². The van der Waals surface area contributed by atoms with Crippen LogP contribution in [0.25, 0.3) is 11.7 Å². The van der Waals surface area contributed by atoms with Crippen LogP contribution >= 0.6 is 0 Å². The van der Waals surface area contributed by atoms with E-state index in [2.05, 4.69) is 59.4 Å². The van der Waals surface area contributed by atoms with E-state index in [0.717, 1.165) is 29.3 Å². The van der Waals surface area contributed by atoms with Gasteiger partial charge >= 0.3 is 0 Å². The van der Waals surface area contributed by atoms with Crippen molar-refractivity contribution in [2.24, 2.45) is 0 Å². The van der Waals surface area contributed by atoms with Gasteiger partial charge in [-0.05, 0) is 55.7 Å². The van der Waals surface area contributed by atoms with Crippen molar-refractivity contribution in [1.29, 1.82) is 0 Å². The van der Waals surface area contributed by atoms with Crippen molar-refractivity contribution < 1.29 is 0 Å². The summed E-state index contributed by atoms with van der Waals surface area (Å²) in [6.07, 6.45) is 3.88. The Bertz CT molecular complexity index is 823. The maximum Gasteiger partial charge on any atom is 0.161 e. The maximum atomic E-state index is 4.67. The van der Waals surface area contributed by atoms with Crippen molar-refractivity contribution >= 4 is 17.4 Å². The highest BCUT2D eigenvalue weighted by Gasteiger charge is 2.10. The van der Waals surface area contributed by atoms with Gasteiger partial charge in [-0.1, -0.05) is 24.8 Å². The van der Waals surface area contributed by atoms with Crippen LogP contribution in [-0.4, -0.2) is 9.38 Å². The summed E-state index contributed by atoms with van der Waals surface area (Å²) in [4.78, 5) is 4.67. The summed E-state index contributed by atoms with van der Waals surface area (Å²) in [6.45, 7) is 11.0. The second-order valence-corrected chi connectivity index (χ2v) is 5.63. The lowest BCUT2D eigenvalue weighted by Gasteiger charge is -2.12. The zero-order valence-corrected chi connectivity index (χ0v) is 13.4. The third-order valence-corrected chi connectivity index (χ3v) is 4.16. The van der Waals surface area contributed by atoms with Crippen LogP contribution < -0.4 is 5.32 Å². The van der Waals surface area contributed by atoms with Crippen LogP contribution in [0.5, 0.6) is 0 Å². The van der Waals surface area contributed by atoms with Gasteiger partial charge in [0.2, 0.25) is 0 Å². The molecule has 0 saturated carbocycles. The highest BCUT2D eigenvalue weighted by Crippen LogP contribution is 2.22. The molecule has 3 aromatic rings. The molecule has 112 valence electrons. The van der Waals surface area contributed by atoms with Crippen LogP contribution in [0, 0.1) is 20.8 Å². The molecule has 2 aromatic heterocycles. The van der Waals surface area contributed by atoms with E-state index in [9.17, 15) is 0 Å². The van der Waals surface area contributed by atoms with Crippen LogP contribution in [0.4, 0.5) is 5.69 Å².